The Kier molecular flexibility index (Phi) is 5.43. The molecule has 0 radical (unpaired) electrons. The minimum Gasteiger partial charge on any atom is -0.345 e. The summed E-state index contributed by atoms with van der Waals surface area (Å²) in [5.74, 6) is 0.270. The summed E-state index contributed by atoms with van der Waals surface area (Å²) < 4.78 is 0. The number of carbonyl (C=O) groups excluding carboxylic acids is 2. The fraction of sp³-hybridized carbons (Fsp3) is 0.526. The molecular weight excluding hydrogens is 374 g/mol. The van der Waals surface area contributed by atoms with E-state index in [1.165, 1.54) is 12.4 Å². The number of fused-ring (bicyclic) bond motifs is 1. The molecule has 10 nitrogen and oxygen atoms in total. The zero-order chi connectivity index (χ0) is 20.4. The first-order chi connectivity index (χ1) is 14.0. The molecule has 2 aromatic heterocycles. The number of nitrogens with one attached hydrogen (secondary N) is 3. The highest BCUT2D eigenvalue weighted by molar-refractivity contribution is 5.94. The summed E-state index contributed by atoms with van der Waals surface area (Å²) in [5.41, 5.74) is 2.21. The molecule has 0 aliphatic carbocycles. The SMILES string of the molecule is CN1CCC(CC(=O)N2CCc3c(C(=O)NCc4cc(=O)[nH]cn4)n[nH]c3C2)C1. The van der Waals surface area contributed by atoms with Crippen LogP contribution in [0.4, 0.5) is 0 Å². The van der Waals surface area contributed by atoms with E-state index in [2.05, 4.69) is 37.4 Å². The van der Waals surface area contributed by atoms with Gasteiger partial charge in [0, 0.05) is 31.1 Å². The number of hydrogen-bond donors (Lipinski definition) is 3. The Bertz CT molecular complexity index is 967. The molecule has 0 aromatic carbocycles. The number of H-pyrrole nitrogens is 2. The molecule has 1 saturated heterocycles. The van der Waals surface area contributed by atoms with Crippen molar-refractivity contribution in [3.8, 4) is 0 Å². The zero-order valence-electron chi connectivity index (χ0n) is 16.4. The second-order valence-electron chi connectivity index (χ2n) is 7.80. The molecule has 2 aromatic rings. The van der Waals surface area contributed by atoms with Gasteiger partial charge in [-0.3, -0.25) is 19.5 Å². The molecule has 2 aliphatic heterocycles. The number of aromatic nitrogens is 4. The fourth-order valence-corrected chi connectivity index (χ4v) is 4.05. The topological polar surface area (TPSA) is 127 Å². The maximum Gasteiger partial charge on any atom is 0.272 e. The lowest BCUT2D eigenvalue weighted by molar-refractivity contribution is -0.133. The summed E-state index contributed by atoms with van der Waals surface area (Å²) in [4.78, 5) is 47.0. The highest BCUT2D eigenvalue weighted by Crippen LogP contribution is 2.24. The number of likely N-dealkylation sites (tertiary alicyclic amines) is 1. The number of hydrogen-bond acceptors (Lipinski definition) is 6. The van der Waals surface area contributed by atoms with Crippen molar-refractivity contribution in [1.29, 1.82) is 0 Å². The van der Waals surface area contributed by atoms with Gasteiger partial charge < -0.3 is 20.1 Å². The Morgan fingerprint density at radius 1 is 1.34 bits per heavy atom. The van der Waals surface area contributed by atoms with Crippen LogP contribution in [-0.4, -0.2) is 68.5 Å². The Balaban J connectivity index is 1.35. The summed E-state index contributed by atoms with van der Waals surface area (Å²) in [5, 5.41) is 9.82. The van der Waals surface area contributed by atoms with Crippen molar-refractivity contribution in [2.45, 2.75) is 32.4 Å². The first-order valence-corrected chi connectivity index (χ1v) is 9.84. The van der Waals surface area contributed by atoms with Crippen LogP contribution in [0, 0.1) is 5.92 Å². The van der Waals surface area contributed by atoms with Crippen LogP contribution in [0.3, 0.4) is 0 Å². The van der Waals surface area contributed by atoms with Gasteiger partial charge in [0.1, 0.15) is 0 Å². The van der Waals surface area contributed by atoms with Gasteiger partial charge in [-0.15, -0.1) is 0 Å². The van der Waals surface area contributed by atoms with Crippen LogP contribution >= 0.6 is 0 Å². The van der Waals surface area contributed by atoms with Gasteiger partial charge in [-0.05, 0) is 32.4 Å². The number of aromatic amines is 2. The van der Waals surface area contributed by atoms with Crippen LogP contribution in [0.5, 0.6) is 0 Å². The Morgan fingerprint density at radius 3 is 2.97 bits per heavy atom. The molecule has 29 heavy (non-hydrogen) atoms. The zero-order valence-corrected chi connectivity index (χ0v) is 16.4. The molecule has 0 saturated carbocycles. The van der Waals surface area contributed by atoms with Crippen LogP contribution in [0.2, 0.25) is 0 Å². The molecule has 10 heteroatoms. The van der Waals surface area contributed by atoms with E-state index in [1.54, 1.807) is 0 Å². The maximum absolute atomic E-state index is 12.7. The second kappa shape index (κ2) is 8.16. The average Bonchev–Trinajstić information content (AvgIpc) is 3.31. The van der Waals surface area contributed by atoms with E-state index >= 15 is 0 Å². The van der Waals surface area contributed by atoms with Gasteiger partial charge in [-0.2, -0.15) is 5.10 Å². The van der Waals surface area contributed by atoms with Crippen molar-refractivity contribution in [1.82, 2.24) is 35.3 Å². The highest BCUT2D eigenvalue weighted by atomic mass is 16.2. The first kappa shape index (κ1) is 19.3. The average molecular weight is 399 g/mol. The van der Waals surface area contributed by atoms with Crippen LogP contribution in [-0.2, 0) is 24.3 Å². The van der Waals surface area contributed by atoms with Gasteiger partial charge in [0.05, 0.1) is 30.8 Å². The molecular formula is C19H25N7O3. The Hall–Kier alpha value is -3.01. The van der Waals surface area contributed by atoms with Gasteiger partial charge in [-0.1, -0.05) is 0 Å². The summed E-state index contributed by atoms with van der Waals surface area (Å²) in [6.45, 7) is 3.20. The third kappa shape index (κ3) is 4.37. The summed E-state index contributed by atoms with van der Waals surface area (Å²) in [6, 6.07) is 1.34. The minimum atomic E-state index is -0.321. The van der Waals surface area contributed by atoms with Crippen molar-refractivity contribution in [2.24, 2.45) is 5.92 Å². The van der Waals surface area contributed by atoms with E-state index in [-0.39, 0.29) is 23.9 Å². The molecule has 4 rings (SSSR count). The van der Waals surface area contributed by atoms with E-state index in [4.69, 9.17) is 0 Å². The largest absolute Gasteiger partial charge is 0.345 e. The number of amides is 2. The Morgan fingerprint density at radius 2 is 2.21 bits per heavy atom. The van der Waals surface area contributed by atoms with E-state index in [9.17, 15) is 14.4 Å². The molecule has 1 fully saturated rings. The smallest absolute Gasteiger partial charge is 0.272 e. The summed E-state index contributed by atoms with van der Waals surface area (Å²) in [6.07, 6.45) is 3.53. The van der Waals surface area contributed by atoms with E-state index in [0.29, 0.717) is 43.2 Å². The number of nitrogens with zero attached hydrogens (tertiary/aromatic N) is 4. The normalized spacial score (nSPS) is 19.2. The van der Waals surface area contributed by atoms with Crippen LogP contribution in [0.15, 0.2) is 17.2 Å². The van der Waals surface area contributed by atoms with E-state index in [0.717, 1.165) is 30.8 Å². The lowest BCUT2D eigenvalue weighted by Gasteiger charge is -2.28. The van der Waals surface area contributed by atoms with E-state index < -0.39 is 0 Å². The standard InChI is InChI=1S/C19H25N7O3/c1-25-4-2-12(9-25)6-17(28)26-5-3-14-15(10-26)23-24-18(14)19(29)20-8-13-7-16(27)22-11-21-13/h7,11-12H,2-6,8-10H2,1H3,(H,20,29)(H,23,24)(H,21,22,27). The van der Waals surface area contributed by atoms with Gasteiger partial charge in [0.2, 0.25) is 5.91 Å². The van der Waals surface area contributed by atoms with Gasteiger partial charge in [0.15, 0.2) is 5.69 Å². The fourth-order valence-electron chi connectivity index (χ4n) is 4.05. The molecule has 154 valence electrons. The molecule has 2 aliphatic rings. The van der Waals surface area contributed by atoms with Gasteiger partial charge in [0.25, 0.3) is 11.5 Å². The van der Waals surface area contributed by atoms with Crippen molar-refractivity contribution < 1.29 is 9.59 Å². The highest BCUT2D eigenvalue weighted by Gasteiger charge is 2.29. The number of carbonyl (C=O) groups is 2. The second-order valence-corrected chi connectivity index (χ2v) is 7.80. The van der Waals surface area contributed by atoms with Crippen molar-refractivity contribution in [2.75, 3.05) is 26.7 Å². The molecule has 3 N–H and O–H groups in total. The van der Waals surface area contributed by atoms with E-state index in [1.807, 2.05) is 4.90 Å². The van der Waals surface area contributed by atoms with Crippen molar-refractivity contribution >= 4 is 11.8 Å². The van der Waals surface area contributed by atoms with Gasteiger partial charge >= 0.3 is 0 Å². The monoisotopic (exact) mass is 399 g/mol. The molecule has 2 amide bonds. The Labute approximate surface area is 167 Å². The summed E-state index contributed by atoms with van der Waals surface area (Å²) in [7, 11) is 2.08. The molecule has 4 heterocycles. The third-order valence-electron chi connectivity index (χ3n) is 5.62. The molecule has 0 spiro atoms. The quantitative estimate of drug-likeness (QED) is 0.631. The molecule has 1 atom stereocenters. The minimum absolute atomic E-state index is 0.144. The van der Waals surface area contributed by atoms with Crippen molar-refractivity contribution in [3.05, 3.63) is 45.4 Å². The lowest BCUT2D eigenvalue weighted by atomic mass is 10.0. The van der Waals surface area contributed by atoms with Crippen LogP contribution in [0.1, 0.15) is 40.3 Å². The first-order valence-electron chi connectivity index (χ1n) is 9.84. The van der Waals surface area contributed by atoms with Crippen molar-refractivity contribution in [3.63, 3.8) is 0 Å². The number of rotatable bonds is 5. The molecule has 0 bridgehead atoms. The predicted molar refractivity (Wildman–Crippen MR) is 104 cm³/mol. The summed E-state index contributed by atoms with van der Waals surface area (Å²) >= 11 is 0. The van der Waals surface area contributed by atoms with Crippen LogP contribution in [0.25, 0.3) is 0 Å². The van der Waals surface area contributed by atoms with Crippen LogP contribution < -0.4 is 10.9 Å². The maximum atomic E-state index is 12.7. The lowest BCUT2D eigenvalue weighted by Crippen LogP contribution is -2.37. The molecule has 1 unspecified atom stereocenters. The van der Waals surface area contributed by atoms with Gasteiger partial charge in [-0.25, -0.2) is 4.98 Å². The predicted octanol–water partition coefficient (Wildman–Crippen LogP) is -0.350. The third-order valence-corrected chi connectivity index (χ3v) is 5.62.